The molecular weight excluding hydrogens is 478 g/mol. The highest BCUT2D eigenvalue weighted by atomic mass is 28.3. The van der Waals surface area contributed by atoms with Gasteiger partial charge >= 0.3 is 5.97 Å². The van der Waals surface area contributed by atoms with E-state index in [9.17, 15) is 4.79 Å². The molecule has 1 fully saturated rings. The number of methoxy groups -OCH3 is 3. The molecule has 1 aliphatic rings. The molecule has 0 spiro atoms. The first-order valence-electron chi connectivity index (χ1n) is 12.2. The molecule has 2 rings (SSSR count). The standard InChI is InChI=1S/C26H45NO6Si2/c1-19(25(28)31-5)21-15-23(30-4)22(29-3)14-20(21)17-27(18-34(6,7)8)24(35(9,10)11)16-26(2)32-12-13-33-26/h14-15,24H,1,12-13,16-18H2,2-11H3. The van der Waals surface area contributed by atoms with E-state index in [2.05, 4.69) is 57.7 Å². The van der Waals surface area contributed by atoms with Gasteiger partial charge in [-0.25, -0.2) is 4.79 Å². The summed E-state index contributed by atoms with van der Waals surface area (Å²) in [7, 11) is 1.35. The van der Waals surface area contributed by atoms with Crippen molar-refractivity contribution < 1.29 is 28.5 Å². The van der Waals surface area contributed by atoms with E-state index in [0.29, 0.717) is 48.1 Å². The van der Waals surface area contributed by atoms with Crippen molar-refractivity contribution in [3.05, 3.63) is 29.8 Å². The van der Waals surface area contributed by atoms with Gasteiger partial charge in [0.25, 0.3) is 0 Å². The normalized spacial score (nSPS) is 16.8. The zero-order valence-electron chi connectivity index (χ0n) is 23.4. The van der Waals surface area contributed by atoms with Crippen molar-refractivity contribution in [2.45, 2.75) is 70.6 Å². The van der Waals surface area contributed by atoms with Gasteiger partial charge in [0, 0.05) is 18.6 Å². The summed E-state index contributed by atoms with van der Waals surface area (Å²) in [5.74, 6) is 0.127. The van der Waals surface area contributed by atoms with Gasteiger partial charge < -0.3 is 28.6 Å². The molecule has 0 aliphatic carbocycles. The number of nitrogens with zero attached hydrogens (tertiary/aromatic N) is 1. The smallest absolute Gasteiger partial charge is 0.337 e. The highest BCUT2D eigenvalue weighted by Crippen LogP contribution is 2.37. The second-order valence-electron chi connectivity index (χ2n) is 11.7. The molecule has 1 aliphatic heterocycles. The highest BCUT2D eigenvalue weighted by Gasteiger charge is 2.42. The second-order valence-corrected chi connectivity index (χ2v) is 22.6. The largest absolute Gasteiger partial charge is 0.493 e. The van der Waals surface area contributed by atoms with Crippen molar-refractivity contribution in [2.75, 3.05) is 40.7 Å². The average molecular weight is 524 g/mol. The van der Waals surface area contributed by atoms with Crippen LogP contribution in [0.3, 0.4) is 0 Å². The van der Waals surface area contributed by atoms with Gasteiger partial charge in [-0.05, 0) is 36.4 Å². The minimum Gasteiger partial charge on any atom is -0.493 e. The van der Waals surface area contributed by atoms with Crippen LogP contribution in [0.1, 0.15) is 24.5 Å². The van der Waals surface area contributed by atoms with Crippen molar-refractivity contribution in [1.82, 2.24) is 4.90 Å². The fraction of sp³-hybridized carbons (Fsp3) is 0.654. The number of rotatable bonds is 12. The minimum atomic E-state index is -1.71. The van der Waals surface area contributed by atoms with Crippen LogP contribution in [0.25, 0.3) is 5.57 Å². The quantitative estimate of drug-likeness (QED) is 0.218. The number of carbonyl (C=O) groups is 1. The third kappa shape index (κ3) is 7.91. The van der Waals surface area contributed by atoms with E-state index in [1.54, 1.807) is 14.2 Å². The summed E-state index contributed by atoms with van der Waals surface area (Å²) in [5.41, 5.74) is 2.27. The van der Waals surface area contributed by atoms with E-state index in [4.69, 9.17) is 23.7 Å². The van der Waals surface area contributed by atoms with Crippen LogP contribution in [0.15, 0.2) is 18.7 Å². The van der Waals surface area contributed by atoms with Crippen LogP contribution in [-0.2, 0) is 25.5 Å². The molecule has 0 aromatic heterocycles. The van der Waals surface area contributed by atoms with Crippen molar-refractivity contribution in [3.8, 4) is 11.5 Å². The lowest BCUT2D eigenvalue weighted by molar-refractivity contribution is -0.152. The maximum absolute atomic E-state index is 12.5. The number of hydrogen-bond donors (Lipinski definition) is 0. The third-order valence-electron chi connectivity index (χ3n) is 6.32. The van der Waals surface area contributed by atoms with Crippen LogP contribution in [0.5, 0.6) is 11.5 Å². The molecule has 0 bridgehead atoms. The van der Waals surface area contributed by atoms with Crippen molar-refractivity contribution in [3.63, 3.8) is 0 Å². The van der Waals surface area contributed by atoms with Gasteiger partial charge in [-0.2, -0.15) is 0 Å². The van der Waals surface area contributed by atoms with Gasteiger partial charge in [-0.15, -0.1) is 0 Å². The average Bonchev–Trinajstić information content (AvgIpc) is 3.20. The predicted molar refractivity (Wildman–Crippen MR) is 146 cm³/mol. The Balaban J connectivity index is 2.61. The zero-order chi connectivity index (χ0) is 26.6. The Morgan fingerprint density at radius 2 is 1.60 bits per heavy atom. The molecular formula is C26H45NO6Si2. The van der Waals surface area contributed by atoms with Gasteiger partial charge in [0.2, 0.25) is 0 Å². The Bertz CT molecular complexity index is 900. The molecule has 0 saturated carbocycles. The number of ether oxygens (including phenoxy) is 5. The monoisotopic (exact) mass is 523 g/mol. The Labute approximate surface area is 213 Å². The minimum absolute atomic E-state index is 0.296. The van der Waals surface area contributed by atoms with Crippen LogP contribution in [0, 0.1) is 0 Å². The van der Waals surface area contributed by atoms with Crippen molar-refractivity contribution in [1.29, 1.82) is 0 Å². The van der Waals surface area contributed by atoms with E-state index in [1.165, 1.54) is 7.11 Å². The van der Waals surface area contributed by atoms with E-state index < -0.39 is 27.9 Å². The Kier molecular flexibility index (Phi) is 9.80. The third-order valence-corrected chi connectivity index (χ3v) is 10.2. The summed E-state index contributed by atoms with van der Waals surface area (Å²) in [5, 5.41) is 0. The van der Waals surface area contributed by atoms with Crippen molar-refractivity contribution in [2.24, 2.45) is 0 Å². The fourth-order valence-corrected chi connectivity index (χ4v) is 8.67. The Morgan fingerprint density at radius 1 is 1.06 bits per heavy atom. The van der Waals surface area contributed by atoms with E-state index in [-0.39, 0.29) is 0 Å². The van der Waals surface area contributed by atoms with Crippen LogP contribution in [-0.4, -0.2) is 79.2 Å². The molecule has 1 unspecified atom stereocenters. The second kappa shape index (κ2) is 11.6. The van der Waals surface area contributed by atoms with Crippen LogP contribution < -0.4 is 9.47 Å². The molecule has 1 aromatic carbocycles. The molecule has 1 heterocycles. The summed E-state index contributed by atoms with van der Waals surface area (Å²) in [4.78, 5) is 15.1. The van der Waals surface area contributed by atoms with Crippen LogP contribution in [0.2, 0.25) is 39.3 Å². The first-order chi connectivity index (χ1) is 16.1. The number of hydrogen-bond acceptors (Lipinski definition) is 7. The fourth-order valence-electron chi connectivity index (χ4n) is 4.68. The lowest BCUT2D eigenvalue weighted by Crippen LogP contribution is -2.57. The predicted octanol–water partition coefficient (Wildman–Crippen LogP) is 4.97. The Morgan fingerprint density at radius 3 is 2.06 bits per heavy atom. The van der Waals surface area contributed by atoms with Gasteiger partial charge in [0.05, 0.1) is 56.3 Å². The van der Waals surface area contributed by atoms with Gasteiger partial charge in [0.1, 0.15) is 0 Å². The first kappa shape index (κ1) is 29.6. The number of esters is 1. The van der Waals surface area contributed by atoms with Crippen LogP contribution in [0.4, 0.5) is 0 Å². The maximum atomic E-state index is 12.5. The summed E-state index contributed by atoms with van der Waals surface area (Å²) >= 11 is 0. The highest BCUT2D eigenvalue weighted by molar-refractivity contribution is 6.78. The molecule has 1 saturated heterocycles. The zero-order valence-corrected chi connectivity index (χ0v) is 25.4. The van der Waals surface area contributed by atoms with Crippen molar-refractivity contribution >= 4 is 27.7 Å². The Hall–Kier alpha value is -1.66. The molecule has 9 heteroatoms. The summed E-state index contributed by atoms with van der Waals surface area (Å²) in [6.45, 7) is 22.3. The van der Waals surface area contributed by atoms with Gasteiger partial charge in [-0.1, -0.05) is 45.9 Å². The maximum Gasteiger partial charge on any atom is 0.337 e. The topological polar surface area (TPSA) is 66.5 Å². The SMILES string of the molecule is C=C(C(=O)OC)c1cc(OC)c(OC)cc1CN(C[Si](C)(C)C)C(CC1(C)OCCO1)[Si](C)(C)C. The molecule has 7 nitrogen and oxygen atoms in total. The van der Waals surface area contributed by atoms with E-state index >= 15 is 0 Å². The molecule has 1 atom stereocenters. The van der Waals surface area contributed by atoms with Crippen LogP contribution >= 0.6 is 0 Å². The molecule has 198 valence electrons. The first-order valence-corrected chi connectivity index (χ1v) is 19.5. The lowest BCUT2D eigenvalue weighted by atomic mass is 9.99. The van der Waals surface area contributed by atoms with Gasteiger partial charge in [-0.3, -0.25) is 0 Å². The van der Waals surface area contributed by atoms with E-state index in [0.717, 1.165) is 18.2 Å². The summed E-state index contributed by atoms with van der Waals surface area (Å²) in [6.07, 6.45) is 1.80. The molecule has 0 N–H and O–H groups in total. The summed E-state index contributed by atoms with van der Waals surface area (Å²) in [6, 6.07) is 3.79. The lowest BCUT2D eigenvalue weighted by Gasteiger charge is -2.44. The molecule has 0 radical (unpaired) electrons. The van der Waals surface area contributed by atoms with E-state index in [1.807, 2.05) is 12.1 Å². The number of carbonyl (C=O) groups excluding carboxylic acids is 1. The number of benzene rings is 1. The van der Waals surface area contributed by atoms with Gasteiger partial charge in [0.15, 0.2) is 17.3 Å². The molecule has 1 aromatic rings. The molecule has 35 heavy (non-hydrogen) atoms. The molecule has 0 amide bonds. The summed E-state index contributed by atoms with van der Waals surface area (Å²) < 4.78 is 28.2.